The molecule has 3 nitrogen and oxygen atoms in total. The fourth-order valence-corrected chi connectivity index (χ4v) is 5.14. The summed E-state index contributed by atoms with van der Waals surface area (Å²) in [6, 6.07) is 0. The molecule has 18 heavy (non-hydrogen) atoms. The van der Waals surface area contributed by atoms with Gasteiger partial charge in [-0.3, -0.25) is 4.79 Å². The van der Waals surface area contributed by atoms with Crippen molar-refractivity contribution in [3.05, 3.63) is 0 Å². The second kappa shape index (κ2) is 2.95. The van der Waals surface area contributed by atoms with Gasteiger partial charge in [-0.05, 0) is 43.4 Å². The van der Waals surface area contributed by atoms with Crippen LogP contribution in [0.4, 0.5) is 0 Å². The van der Waals surface area contributed by atoms with Crippen molar-refractivity contribution < 1.29 is 14.3 Å². The Balaban J connectivity index is 1.76. The van der Waals surface area contributed by atoms with Gasteiger partial charge in [-0.2, -0.15) is 0 Å². The van der Waals surface area contributed by atoms with E-state index in [1.54, 1.807) is 0 Å². The lowest BCUT2D eigenvalue weighted by molar-refractivity contribution is -0.161. The first-order valence-corrected chi connectivity index (χ1v) is 7.31. The molecule has 4 fully saturated rings. The van der Waals surface area contributed by atoms with E-state index < -0.39 is 0 Å². The Kier molecular flexibility index (Phi) is 1.85. The largest absolute Gasteiger partial charge is 0.432 e. The van der Waals surface area contributed by atoms with E-state index in [2.05, 4.69) is 20.8 Å². The second-order valence-electron chi connectivity index (χ2n) is 7.46. The molecule has 4 rings (SSSR count). The number of epoxide rings is 1. The zero-order valence-corrected chi connectivity index (χ0v) is 11.5. The van der Waals surface area contributed by atoms with E-state index in [4.69, 9.17) is 9.47 Å². The zero-order chi connectivity index (χ0) is 12.8. The van der Waals surface area contributed by atoms with Gasteiger partial charge in [-0.25, -0.2) is 0 Å². The Bertz CT molecular complexity index is 433. The van der Waals surface area contributed by atoms with E-state index in [1.807, 2.05) is 0 Å². The lowest BCUT2D eigenvalue weighted by Gasteiger charge is -2.42. The van der Waals surface area contributed by atoms with Gasteiger partial charge in [0.1, 0.15) is 11.0 Å². The van der Waals surface area contributed by atoms with Crippen molar-refractivity contribution in [2.75, 3.05) is 0 Å². The highest BCUT2D eigenvalue weighted by atomic mass is 16.8. The van der Waals surface area contributed by atoms with Crippen LogP contribution in [-0.2, 0) is 14.3 Å². The molecule has 0 bridgehead atoms. The normalized spacial score (nSPS) is 61.5. The predicted octanol–water partition coefficient (Wildman–Crippen LogP) is 2.88. The molecule has 2 saturated carbocycles. The second-order valence-corrected chi connectivity index (χ2v) is 7.46. The number of carbonyl (C=O) groups is 1. The van der Waals surface area contributed by atoms with E-state index in [9.17, 15) is 4.79 Å². The number of carbonyl (C=O) groups excluding carboxylic acids is 1. The topological polar surface area (TPSA) is 38.8 Å². The van der Waals surface area contributed by atoms with Gasteiger partial charge in [0.05, 0.1) is 0 Å². The minimum atomic E-state index is -0.338. The molecule has 1 spiro atoms. The van der Waals surface area contributed by atoms with Gasteiger partial charge in [-0.1, -0.05) is 26.7 Å². The van der Waals surface area contributed by atoms with Crippen LogP contribution >= 0.6 is 0 Å². The van der Waals surface area contributed by atoms with Crippen molar-refractivity contribution in [3.8, 4) is 0 Å². The summed E-state index contributed by atoms with van der Waals surface area (Å²) in [5.41, 5.74) is -0.346. The van der Waals surface area contributed by atoms with E-state index in [-0.39, 0.29) is 23.3 Å². The molecule has 0 radical (unpaired) electrons. The molecular weight excluding hydrogens is 228 g/mol. The summed E-state index contributed by atoms with van der Waals surface area (Å²) in [6.45, 7) is 6.83. The molecule has 2 aliphatic heterocycles. The summed E-state index contributed by atoms with van der Waals surface area (Å²) < 4.78 is 11.1. The average molecular weight is 250 g/mol. The molecule has 2 aliphatic carbocycles. The van der Waals surface area contributed by atoms with Gasteiger partial charge >= 0.3 is 5.97 Å². The smallest absolute Gasteiger partial charge is 0.317 e. The lowest BCUT2D eigenvalue weighted by atomic mass is 9.63. The minimum absolute atomic E-state index is 0.0177. The number of fused-ring (bicyclic) bond motifs is 3. The number of esters is 1. The lowest BCUT2D eigenvalue weighted by Crippen LogP contribution is -2.39. The molecule has 0 aromatic carbocycles. The first-order chi connectivity index (χ1) is 8.42. The van der Waals surface area contributed by atoms with Gasteiger partial charge < -0.3 is 9.47 Å². The molecule has 0 N–H and O–H groups in total. The van der Waals surface area contributed by atoms with Crippen LogP contribution < -0.4 is 0 Å². The van der Waals surface area contributed by atoms with Crippen LogP contribution in [0.3, 0.4) is 0 Å². The Labute approximate surface area is 108 Å². The van der Waals surface area contributed by atoms with Crippen molar-refractivity contribution in [2.45, 2.75) is 64.8 Å². The van der Waals surface area contributed by atoms with Gasteiger partial charge in [0, 0.05) is 0 Å². The number of ether oxygens (including phenoxy) is 2. The molecule has 6 atom stereocenters. The molecule has 0 unspecified atom stereocenters. The summed E-state index contributed by atoms with van der Waals surface area (Å²) >= 11 is 0. The average Bonchev–Trinajstić information content (AvgIpc) is 2.77. The maximum Gasteiger partial charge on any atom is 0.317 e. The van der Waals surface area contributed by atoms with Crippen LogP contribution in [0.2, 0.25) is 0 Å². The summed E-state index contributed by atoms with van der Waals surface area (Å²) in [5, 5.41) is 0. The Hall–Kier alpha value is -0.570. The molecular formula is C15H22O3. The van der Waals surface area contributed by atoms with Gasteiger partial charge in [0.2, 0.25) is 6.29 Å². The fourth-order valence-electron chi connectivity index (χ4n) is 5.14. The fraction of sp³-hybridized carbons (Fsp3) is 0.933. The number of rotatable bonds is 0. The molecule has 3 heteroatoms. The maximum absolute atomic E-state index is 12.3. The highest BCUT2D eigenvalue weighted by Crippen LogP contribution is 2.71. The Morgan fingerprint density at radius 3 is 2.67 bits per heavy atom. The molecule has 0 amide bonds. The highest BCUT2D eigenvalue weighted by Gasteiger charge is 2.81. The first kappa shape index (κ1) is 11.3. The summed E-state index contributed by atoms with van der Waals surface area (Å²) in [4.78, 5) is 12.3. The zero-order valence-electron chi connectivity index (χ0n) is 11.5. The molecule has 0 aromatic rings. The van der Waals surface area contributed by atoms with E-state index in [0.29, 0.717) is 17.3 Å². The van der Waals surface area contributed by atoms with Crippen molar-refractivity contribution in [2.24, 2.45) is 22.7 Å². The third-order valence-corrected chi connectivity index (χ3v) is 6.83. The quantitative estimate of drug-likeness (QED) is 0.490. The minimum Gasteiger partial charge on any atom is -0.432 e. The number of hydrogen-bond acceptors (Lipinski definition) is 3. The molecule has 100 valence electrons. The highest BCUT2D eigenvalue weighted by molar-refractivity contribution is 5.83. The number of hydrogen-bond donors (Lipinski definition) is 0. The van der Waals surface area contributed by atoms with Gasteiger partial charge in [0.25, 0.3) is 0 Å². The molecule has 2 heterocycles. The van der Waals surface area contributed by atoms with Crippen molar-refractivity contribution in [1.82, 2.24) is 0 Å². The Morgan fingerprint density at radius 1 is 1.28 bits per heavy atom. The summed E-state index contributed by atoms with van der Waals surface area (Å²) in [6.07, 6.45) is 5.60. The summed E-state index contributed by atoms with van der Waals surface area (Å²) in [5.74, 6) is 1.41. The first-order valence-electron chi connectivity index (χ1n) is 7.31. The van der Waals surface area contributed by atoms with Gasteiger partial charge in [0.15, 0.2) is 0 Å². The van der Waals surface area contributed by atoms with Crippen LogP contribution in [0.5, 0.6) is 0 Å². The SMILES string of the molecule is C[C@H]1CCC[C@@H]2C[C@]3(C[C@@]21C)C(=O)O[C@H]1O[C@]13C. The van der Waals surface area contributed by atoms with Crippen LogP contribution in [-0.4, -0.2) is 17.9 Å². The van der Waals surface area contributed by atoms with Crippen molar-refractivity contribution >= 4 is 5.97 Å². The Morgan fingerprint density at radius 2 is 2.06 bits per heavy atom. The van der Waals surface area contributed by atoms with Crippen LogP contribution in [0.25, 0.3) is 0 Å². The monoisotopic (exact) mass is 250 g/mol. The van der Waals surface area contributed by atoms with Crippen molar-refractivity contribution in [3.63, 3.8) is 0 Å². The third-order valence-electron chi connectivity index (χ3n) is 6.83. The van der Waals surface area contributed by atoms with Crippen LogP contribution in [0.1, 0.15) is 52.9 Å². The van der Waals surface area contributed by atoms with E-state index >= 15 is 0 Å². The summed E-state index contributed by atoms with van der Waals surface area (Å²) in [7, 11) is 0. The molecule has 0 aromatic heterocycles. The predicted molar refractivity (Wildman–Crippen MR) is 65.6 cm³/mol. The maximum atomic E-state index is 12.3. The van der Waals surface area contributed by atoms with Gasteiger partial charge in [-0.15, -0.1) is 0 Å². The third kappa shape index (κ3) is 1.01. The van der Waals surface area contributed by atoms with E-state index in [0.717, 1.165) is 12.8 Å². The molecule has 4 aliphatic rings. The van der Waals surface area contributed by atoms with Crippen LogP contribution in [0.15, 0.2) is 0 Å². The van der Waals surface area contributed by atoms with Crippen molar-refractivity contribution in [1.29, 1.82) is 0 Å². The standard InChI is InChI=1S/C15H22O3/c1-9-5-4-6-10-7-15(8-13(9,10)2)11(16)17-12-14(15,3)18-12/h9-10,12H,4-8H2,1-3H3/t9-,10+,12-,13+,14+,15-/m0/s1. The van der Waals surface area contributed by atoms with Crippen LogP contribution in [0, 0.1) is 22.7 Å². The molecule has 2 saturated heterocycles. The van der Waals surface area contributed by atoms with E-state index in [1.165, 1.54) is 19.3 Å².